The zero-order chi connectivity index (χ0) is 12.3. The number of carboxylic acid groups (broad SMARTS) is 1. The fraction of sp³-hybridized carbons (Fsp3) is 0.500. The van der Waals surface area contributed by atoms with Crippen LogP contribution in [0, 0.1) is 0 Å². The first-order valence-corrected chi connectivity index (χ1v) is 4.80. The summed E-state index contributed by atoms with van der Waals surface area (Å²) in [4.78, 5) is 12.3. The van der Waals surface area contributed by atoms with Crippen molar-refractivity contribution in [1.82, 2.24) is 10.2 Å². The number of rotatable bonds is 4. The van der Waals surface area contributed by atoms with Crippen LogP contribution in [0.15, 0.2) is 12.1 Å². The third kappa shape index (κ3) is 3.47. The van der Waals surface area contributed by atoms with Crippen molar-refractivity contribution in [2.45, 2.75) is 19.4 Å². The average Bonchev–Trinajstić information content (AvgIpc) is 2.15. The van der Waals surface area contributed by atoms with Gasteiger partial charge in [0.25, 0.3) is 0 Å². The maximum atomic E-state index is 10.6. The van der Waals surface area contributed by atoms with Gasteiger partial charge in [-0.3, -0.25) is 0 Å². The fourth-order valence-electron chi connectivity index (χ4n) is 1.30. The van der Waals surface area contributed by atoms with Crippen LogP contribution in [0.2, 0.25) is 0 Å². The number of nitrogens with zero attached hydrogens (tertiary/aromatic N) is 3. The molecule has 0 bridgehead atoms. The van der Waals surface area contributed by atoms with Gasteiger partial charge in [0.1, 0.15) is 0 Å². The molecular formula is C10H15N3O3. The Labute approximate surface area is 93.5 Å². The minimum atomic E-state index is -1.11. The molecule has 1 aromatic rings. The summed E-state index contributed by atoms with van der Waals surface area (Å²) >= 11 is 0. The van der Waals surface area contributed by atoms with Crippen molar-refractivity contribution in [2.75, 3.05) is 18.5 Å². The van der Waals surface area contributed by atoms with Crippen LogP contribution in [0.5, 0.6) is 0 Å². The lowest BCUT2D eigenvalue weighted by molar-refractivity contribution is 0.0688. The third-order valence-corrected chi connectivity index (χ3v) is 1.88. The minimum Gasteiger partial charge on any atom is -0.476 e. The average molecular weight is 225 g/mol. The van der Waals surface area contributed by atoms with E-state index in [2.05, 4.69) is 10.2 Å². The van der Waals surface area contributed by atoms with Crippen molar-refractivity contribution < 1.29 is 15.0 Å². The number of aliphatic hydroxyl groups is 1. The Hall–Kier alpha value is -1.69. The first-order valence-electron chi connectivity index (χ1n) is 4.80. The molecule has 1 heterocycles. The Bertz CT molecular complexity index is 370. The molecule has 0 spiro atoms. The van der Waals surface area contributed by atoms with Gasteiger partial charge in [0.15, 0.2) is 11.5 Å². The van der Waals surface area contributed by atoms with Crippen molar-refractivity contribution in [1.29, 1.82) is 0 Å². The van der Waals surface area contributed by atoms with Gasteiger partial charge in [-0.1, -0.05) is 0 Å². The van der Waals surface area contributed by atoms with E-state index < -0.39 is 11.6 Å². The second kappa shape index (κ2) is 4.44. The number of hydrogen-bond acceptors (Lipinski definition) is 5. The second-order valence-corrected chi connectivity index (χ2v) is 4.25. The van der Waals surface area contributed by atoms with E-state index in [4.69, 9.17) is 5.11 Å². The molecule has 0 radical (unpaired) electrons. The molecule has 2 N–H and O–H groups in total. The molecule has 0 aromatic carbocycles. The van der Waals surface area contributed by atoms with Gasteiger partial charge in [0.05, 0.1) is 5.60 Å². The molecule has 0 aliphatic heterocycles. The molecule has 1 rings (SSSR count). The maximum absolute atomic E-state index is 10.6. The van der Waals surface area contributed by atoms with E-state index in [9.17, 15) is 9.90 Å². The summed E-state index contributed by atoms with van der Waals surface area (Å²) in [5, 5.41) is 25.6. The van der Waals surface area contributed by atoms with Crippen molar-refractivity contribution in [3.63, 3.8) is 0 Å². The number of hydrogen-bond donors (Lipinski definition) is 2. The number of carbonyl (C=O) groups is 1. The summed E-state index contributed by atoms with van der Waals surface area (Å²) in [7, 11) is 1.75. The van der Waals surface area contributed by atoms with Crippen molar-refractivity contribution in [3.05, 3.63) is 17.8 Å². The van der Waals surface area contributed by atoms with Crippen LogP contribution in [0.4, 0.5) is 5.82 Å². The van der Waals surface area contributed by atoms with Crippen LogP contribution < -0.4 is 4.90 Å². The predicted octanol–water partition coefficient (Wildman–Crippen LogP) is 0.382. The lowest BCUT2D eigenvalue weighted by Crippen LogP contribution is -2.36. The van der Waals surface area contributed by atoms with Crippen molar-refractivity contribution in [2.24, 2.45) is 0 Å². The van der Waals surface area contributed by atoms with E-state index in [0.29, 0.717) is 12.4 Å². The van der Waals surface area contributed by atoms with E-state index in [0.717, 1.165) is 0 Å². The van der Waals surface area contributed by atoms with Gasteiger partial charge in [-0.15, -0.1) is 10.2 Å². The fourth-order valence-corrected chi connectivity index (χ4v) is 1.30. The maximum Gasteiger partial charge on any atom is 0.356 e. The SMILES string of the molecule is CN(CC(C)(C)O)c1ccc(C(=O)O)nn1. The minimum absolute atomic E-state index is 0.0968. The third-order valence-electron chi connectivity index (χ3n) is 1.88. The number of anilines is 1. The molecule has 0 aliphatic rings. The van der Waals surface area contributed by atoms with Crippen LogP contribution in [0.1, 0.15) is 24.3 Å². The van der Waals surface area contributed by atoms with Gasteiger partial charge in [-0.05, 0) is 26.0 Å². The molecule has 6 heteroatoms. The molecule has 0 saturated heterocycles. The molecule has 0 saturated carbocycles. The molecule has 0 aliphatic carbocycles. The number of aromatic nitrogens is 2. The summed E-state index contributed by atoms with van der Waals surface area (Å²) in [5.74, 6) is -0.587. The van der Waals surface area contributed by atoms with E-state index in [-0.39, 0.29) is 5.69 Å². The largest absolute Gasteiger partial charge is 0.476 e. The highest BCUT2D eigenvalue weighted by molar-refractivity contribution is 5.85. The first kappa shape index (κ1) is 12.4. The smallest absolute Gasteiger partial charge is 0.356 e. The van der Waals surface area contributed by atoms with Gasteiger partial charge in [-0.2, -0.15) is 0 Å². The molecular weight excluding hydrogens is 210 g/mol. The highest BCUT2D eigenvalue weighted by Gasteiger charge is 2.17. The van der Waals surface area contributed by atoms with Crippen LogP contribution in [0.3, 0.4) is 0 Å². The molecule has 0 amide bonds. The van der Waals surface area contributed by atoms with Gasteiger partial charge >= 0.3 is 5.97 Å². The molecule has 0 atom stereocenters. The quantitative estimate of drug-likeness (QED) is 0.770. The summed E-state index contributed by atoms with van der Waals surface area (Å²) < 4.78 is 0. The van der Waals surface area contributed by atoms with Crippen LogP contribution >= 0.6 is 0 Å². The Balaban J connectivity index is 2.78. The number of carboxylic acids is 1. The molecule has 0 unspecified atom stereocenters. The zero-order valence-electron chi connectivity index (χ0n) is 9.51. The summed E-state index contributed by atoms with van der Waals surface area (Å²) in [5.41, 5.74) is -0.942. The normalized spacial score (nSPS) is 11.2. The lowest BCUT2D eigenvalue weighted by Gasteiger charge is -2.25. The summed E-state index contributed by atoms with van der Waals surface area (Å²) in [6, 6.07) is 2.94. The predicted molar refractivity (Wildman–Crippen MR) is 58.6 cm³/mol. The van der Waals surface area contributed by atoms with Crippen molar-refractivity contribution in [3.8, 4) is 0 Å². The highest BCUT2D eigenvalue weighted by atomic mass is 16.4. The topological polar surface area (TPSA) is 86.5 Å². The zero-order valence-corrected chi connectivity index (χ0v) is 9.51. The summed E-state index contributed by atoms with van der Waals surface area (Å²) in [6.07, 6.45) is 0. The summed E-state index contributed by atoms with van der Waals surface area (Å²) in [6.45, 7) is 3.75. The van der Waals surface area contributed by atoms with E-state index in [1.165, 1.54) is 6.07 Å². The van der Waals surface area contributed by atoms with Crippen molar-refractivity contribution >= 4 is 11.8 Å². The number of aromatic carboxylic acids is 1. The van der Waals surface area contributed by atoms with E-state index >= 15 is 0 Å². The second-order valence-electron chi connectivity index (χ2n) is 4.25. The monoisotopic (exact) mass is 225 g/mol. The Morgan fingerprint density at radius 2 is 2.06 bits per heavy atom. The van der Waals surface area contributed by atoms with Gasteiger partial charge in [-0.25, -0.2) is 4.79 Å². The molecule has 0 fully saturated rings. The standard InChI is InChI=1S/C10H15N3O3/c1-10(2,16)6-13(3)8-5-4-7(9(14)15)11-12-8/h4-5,16H,6H2,1-3H3,(H,14,15). The molecule has 1 aromatic heterocycles. The molecule has 6 nitrogen and oxygen atoms in total. The molecule has 88 valence electrons. The number of likely N-dealkylation sites (N-methyl/N-ethyl adjacent to an activating group) is 1. The van der Waals surface area contributed by atoms with Gasteiger partial charge in [0.2, 0.25) is 0 Å². The molecule has 16 heavy (non-hydrogen) atoms. The van der Waals surface area contributed by atoms with E-state index in [1.54, 1.807) is 31.9 Å². The van der Waals surface area contributed by atoms with Crippen LogP contribution in [-0.4, -0.2) is 45.6 Å². The van der Waals surface area contributed by atoms with Gasteiger partial charge < -0.3 is 15.1 Å². The van der Waals surface area contributed by atoms with E-state index in [1.807, 2.05) is 0 Å². The Kier molecular flexibility index (Phi) is 3.44. The van der Waals surface area contributed by atoms with Crippen LogP contribution in [-0.2, 0) is 0 Å². The first-order chi connectivity index (χ1) is 7.29. The lowest BCUT2D eigenvalue weighted by atomic mass is 10.1. The van der Waals surface area contributed by atoms with Gasteiger partial charge in [0, 0.05) is 13.6 Å². The van der Waals surface area contributed by atoms with Crippen LogP contribution in [0.25, 0.3) is 0 Å². The Morgan fingerprint density at radius 1 is 1.44 bits per heavy atom. The highest BCUT2D eigenvalue weighted by Crippen LogP contribution is 2.11. The Morgan fingerprint density at radius 3 is 2.44 bits per heavy atom.